The van der Waals surface area contributed by atoms with Crippen LogP contribution in [-0.4, -0.2) is 25.2 Å². The summed E-state index contributed by atoms with van der Waals surface area (Å²) in [5.41, 5.74) is 3.12. The van der Waals surface area contributed by atoms with Gasteiger partial charge >= 0.3 is 11.9 Å². The summed E-state index contributed by atoms with van der Waals surface area (Å²) in [5, 5.41) is 0. The van der Waals surface area contributed by atoms with Crippen molar-refractivity contribution in [3.63, 3.8) is 0 Å². The molecule has 0 aliphatic carbocycles. The van der Waals surface area contributed by atoms with Crippen LogP contribution in [0.5, 0.6) is 23.0 Å². The van der Waals surface area contributed by atoms with Gasteiger partial charge in [-0.05, 0) is 105 Å². The number of ether oxygens (including phenoxy) is 4. The average Bonchev–Trinajstić information content (AvgIpc) is 2.97. The van der Waals surface area contributed by atoms with Crippen LogP contribution >= 0.6 is 0 Å². The molecule has 0 heterocycles. The van der Waals surface area contributed by atoms with E-state index in [2.05, 4.69) is 20.8 Å². The molecule has 0 spiro atoms. The summed E-state index contributed by atoms with van der Waals surface area (Å²) in [6.45, 7) is 11.5. The van der Waals surface area contributed by atoms with Crippen molar-refractivity contribution in [2.75, 3.05) is 13.2 Å². The molecule has 0 unspecified atom stereocenters. The van der Waals surface area contributed by atoms with Gasteiger partial charge in [0.05, 0.1) is 24.3 Å². The third-order valence-electron chi connectivity index (χ3n) is 5.72. The van der Waals surface area contributed by atoms with Gasteiger partial charge in [0.2, 0.25) is 0 Å². The summed E-state index contributed by atoms with van der Waals surface area (Å²) in [6, 6.07) is 28.5. The van der Waals surface area contributed by atoms with E-state index in [4.69, 9.17) is 18.9 Å². The lowest BCUT2D eigenvalue weighted by atomic mass is 10.2. The van der Waals surface area contributed by atoms with E-state index in [0.717, 1.165) is 29.9 Å². The molecule has 42 heavy (non-hydrogen) atoms. The first-order valence-electron chi connectivity index (χ1n) is 14.2. The first-order valence-corrected chi connectivity index (χ1v) is 14.2. The molecule has 0 radical (unpaired) electrons. The van der Waals surface area contributed by atoms with Crippen molar-refractivity contribution in [2.45, 2.75) is 47.5 Å². The Labute approximate surface area is 249 Å². The van der Waals surface area contributed by atoms with E-state index < -0.39 is 11.9 Å². The van der Waals surface area contributed by atoms with Gasteiger partial charge in [-0.1, -0.05) is 56.2 Å². The van der Waals surface area contributed by atoms with Gasteiger partial charge in [0.15, 0.2) is 0 Å². The quantitative estimate of drug-likeness (QED) is 0.102. The number of esters is 2. The highest BCUT2D eigenvalue weighted by molar-refractivity contribution is 5.91. The first kappa shape index (κ1) is 31.9. The van der Waals surface area contributed by atoms with Crippen molar-refractivity contribution >= 4 is 11.9 Å². The van der Waals surface area contributed by atoms with Gasteiger partial charge in [0, 0.05) is 0 Å². The van der Waals surface area contributed by atoms with E-state index in [1.807, 2.05) is 38.1 Å². The van der Waals surface area contributed by atoms with Crippen LogP contribution < -0.4 is 18.9 Å². The lowest BCUT2D eigenvalue weighted by Crippen LogP contribution is -2.08. The van der Waals surface area contributed by atoms with Crippen molar-refractivity contribution in [1.29, 1.82) is 0 Å². The molecular formula is C36H40O6. The molecule has 0 fully saturated rings. The van der Waals surface area contributed by atoms with Crippen LogP contribution in [0.4, 0.5) is 0 Å². The maximum atomic E-state index is 12.3. The largest absolute Gasteiger partial charge is 0.494 e. The predicted octanol–water partition coefficient (Wildman–Crippen LogP) is 8.64. The SMILES string of the molecule is CC(C)C.Cc1ccc(OC(=O)c2ccc(OCCCCOc3ccc(C(=O)Oc4ccc(C)cc4)cc3)cc2)cc1. The number of unbranched alkanes of at least 4 members (excludes halogenated alkanes) is 1. The number of carbonyl (C=O) groups excluding carboxylic acids is 2. The van der Waals surface area contributed by atoms with Crippen LogP contribution in [0.25, 0.3) is 0 Å². The number of carbonyl (C=O) groups is 2. The van der Waals surface area contributed by atoms with E-state index in [1.165, 1.54) is 0 Å². The van der Waals surface area contributed by atoms with Crippen LogP contribution in [0, 0.1) is 19.8 Å². The third kappa shape index (κ3) is 11.5. The first-order chi connectivity index (χ1) is 20.2. The smallest absolute Gasteiger partial charge is 0.343 e. The summed E-state index contributed by atoms with van der Waals surface area (Å²) >= 11 is 0. The highest BCUT2D eigenvalue weighted by atomic mass is 16.5. The number of hydrogen-bond acceptors (Lipinski definition) is 6. The van der Waals surface area contributed by atoms with E-state index in [0.29, 0.717) is 47.3 Å². The van der Waals surface area contributed by atoms with Gasteiger partial charge in [-0.25, -0.2) is 9.59 Å². The average molecular weight is 569 g/mol. The lowest BCUT2D eigenvalue weighted by Gasteiger charge is -2.09. The molecule has 0 N–H and O–H groups in total. The second kappa shape index (κ2) is 16.6. The summed E-state index contributed by atoms with van der Waals surface area (Å²) in [5.74, 6) is 2.42. The second-order valence-electron chi connectivity index (χ2n) is 10.6. The molecule has 6 nitrogen and oxygen atoms in total. The zero-order chi connectivity index (χ0) is 30.3. The van der Waals surface area contributed by atoms with Gasteiger partial charge in [-0.15, -0.1) is 0 Å². The Morgan fingerprint density at radius 3 is 1.10 bits per heavy atom. The monoisotopic (exact) mass is 568 g/mol. The second-order valence-corrected chi connectivity index (χ2v) is 10.6. The fourth-order valence-corrected chi connectivity index (χ4v) is 3.50. The van der Waals surface area contributed by atoms with Crippen molar-refractivity contribution < 1.29 is 28.5 Å². The summed E-state index contributed by atoms with van der Waals surface area (Å²) in [4.78, 5) is 24.6. The van der Waals surface area contributed by atoms with Crippen molar-refractivity contribution in [1.82, 2.24) is 0 Å². The molecule has 4 aromatic carbocycles. The predicted molar refractivity (Wildman–Crippen MR) is 166 cm³/mol. The Bertz CT molecular complexity index is 1260. The van der Waals surface area contributed by atoms with Gasteiger partial charge in [0.25, 0.3) is 0 Å². The number of aryl methyl sites for hydroxylation is 2. The van der Waals surface area contributed by atoms with Crippen LogP contribution in [-0.2, 0) is 0 Å². The Morgan fingerprint density at radius 2 is 0.786 bits per heavy atom. The zero-order valence-electron chi connectivity index (χ0n) is 25.1. The Kier molecular flexibility index (Phi) is 12.6. The van der Waals surface area contributed by atoms with Gasteiger partial charge in [-0.3, -0.25) is 0 Å². The Morgan fingerprint density at radius 1 is 0.500 bits per heavy atom. The Balaban J connectivity index is 0.00000114. The topological polar surface area (TPSA) is 71.1 Å². The van der Waals surface area contributed by atoms with E-state index >= 15 is 0 Å². The van der Waals surface area contributed by atoms with E-state index in [1.54, 1.807) is 72.8 Å². The molecule has 0 aliphatic heterocycles. The molecular weight excluding hydrogens is 528 g/mol. The van der Waals surface area contributed by atoms with Crippen LogP contribution in [0.3, 0.4) is 0 Å². The van der Waals surface area contributed by atoms with Crippen molar-refractivity contribution in [2.24, 2.45) is 5.92 Å². The van der Waals surface area contributed by atoms with Gasteiger partial charge in [0.1, 0.15) is 23.0 Å². The van der Waals surface area contributed by atoms with Crippen LogP contribution in [0.1, 0.15) is 65.5 Å². The highest BCUT2D eigenvalue weighted by Crippen LogP contribution is 2.18. The molecule has 6 heteroatoms. The fourth-order valence-electron chi connectivity index (χ4n) is 3.50. The maximum absolute atomic E-state index is 12.3. The third-order valence-corrected chi connectivity index (χ3v) is 5.72. The zero-order valence-corrected chi connectivity index (χ0v) is 25.1. The summed E-state index contributed by atoms with van der Waals surface area (Å²) in [6.07, 6.45) is 1.61. The minimum Gasteiger partial charge on any atom is -0.494 e. The molecule has 0 aliphatic rings. The lowest BCUT2D eigenvalue weighted by molar-refractivity contribution is 0.0725. The maximum Gasteiger partial charge on any atom is 0.343 e. The highest BCUT2D eigenvalue weighted by Gasteiger charge is 2.10. The molecule has 0 atom stereocenters. The molecule has 4 rings (SSSR count). The minimum atomic E-state index is -0.409. The van der Waals surface area contributed by atoms with Crippen LogP contribution in [0.15, 0.2) is 97.1 Å². The van der Waals surface area contributed by atoms with Gasteiger partial charge in [-0.2, -0.15) is 0 Å². The summed E-state index contributed by atoms with van der Waals surface area (Å²) < 4.78 is 22.3. The molecule has 220 valence electrons. The van der Waals surface area contributed by atoms with E-state index in [-0.39, 0.29) is 0 Å². The van der Waals surface area contributed by atoms with E-state index in [9.17, 15) is 9.59 Å². The number of benzene rings is 4. The minimum absolute atomic E-state index is 0.409. The molecule has 0 amide bonds. The normalized spacial score (nSPS) is 10.3. The summed E-state index contributed by atoms with van der Waals surface area (Å²) in [7, 11) is 0. The molecule has 0 saturated heterocycles. The molecule has 0 saturated carbocycles. The molecule has 4 aromatic rings. The molecule has 0 aromatic heterocycles. The fraction of sp³-hybridized carbons (Fsp3) is 0.278. The van der Waals surface area contributed by atoms with Gasteiger partial charge < -0.3 is 18.9 Å². The molecule has 0 bridgehead atoms. The van der Waals surface area contributed by atoms with Crippen LogP contribution in [0.2, 0.25) is 0 Å². The number of hydrogen-bond donors (Lipinski definition) is 0. The van der Waals surface area contributed by atoms with Crippen molar-refractivity contribution in [3.05, 3.63) is 119 Å². The van der Waals surface area contributed by atoms with Crippen molar-refractivity contribution in [3.8, 4) is 23.0 Å². The standard InChI is InChI=1S/C32H30O6.C4H10/c1-23-5-13-29(14-6-23)37-31(33)25-9-17-27(18-10-25)35-21-3-4-22-36-28-19-11-26(12-20-28)32(34)38-30-15-7-24(2)8-16-30;1-4(2)3/h5-20H,3-4,21-22H2,1-2H3;4H,1-3H3. The Hall–Kier alpha value is -4.58. The number of rotatable bonds is 11.